The summed E-state index contributed by atoms with van der Waals surface area (Å²) in [6.45, 7) is 1.59. The number of carbonyl (C=O) groups excluding carboxylic acids is 1. The van der Waals surface area contributed by atoms with Crippen molar-refractivity contribution in [1.82, 2.24) is 5.32 Å². The van der Waals surface area contributed by atoms with Crippen molar-refractivity contribution in [2.75, 3.05) is 13.2 Å². The van der Waals surface area contributed by atoms with Crippen LogP contribution in [0.5, 0.6) is 0 Å². The third kappa shape index (κ3) is 3.04. The van der Waals surface area contributed by atoms with Crippen LogP contribution in [0.3, 0.4) is 0 Å². The Morgan fingerprint density at radius 2 is 2.60 bits per heavy atom. The fourth-order valence-electron chi connectivity index (χ4n) is 1.71. The second-order valence-corrected chi connectivity index (χ2v) is 4.60. The van der Waals surface area contributed by atoms with Gasteiger partial charge in [-0.1, -0.05) is 6.07 Å². The fourth-order valence-corrected chi connectivity index (χ4v) is 2.35. The minimum atomic E-state index is 0.0306. The zero-order valence-corrected chi connectivity index (χ0v) is 9.39. The molecule has 1 amide bonds. The first-order valence-electron chi connectivity index (χ1n) is 5.29. The van der Waals surface area contributed by atoms with Crippen molar-refractivity contribution in [3.8, 4) is 0 Å². The third-order valence-corrected chi connectivity index (χ3v) is 3.39. The highest BCUT2D eigenvalue weighted by molar-refractivity contribution is 7.12. The molecule has 2 heterocycles. The van der Waals surface area contributed by atoms with Crippen molar-refractivity contribution in [2.24, 2.45) is 0 Å². The Morgan fingerprint density at radius 1 is 1.67 bits per heavy atom. The molecule has 1 unspecified atom stereocenters. The number of hydrogen-bond acceptors (Lipinski definition) is 3. The van der Waals surface area contributed by atoms with Gasteiger partial charge in [0.25, 0.3) is 5.91 Å². The highest BCUT2D eigenvalue weighted by Crippen LogP contribution is 2.14. The van der Waals surface area contributed by atoms with Gasteiger partial charge in [0.05, 0.1) is 11.0 Å². The van der Waals surface area contributed by atoms with Gasteiger partial charge in [-0.2, -0.15) is 0 Å². The van der Waals surface area contributed by atoms with Crippen LogP contribution in [0, 0.1) is 0 Å². The quantitative estimate of drug-likeness (QED) is 0.851. The predicted molar refractivity (Wildman–Crippen MR) is 60.2 cm³/mol. The van der Waals surface area contributed by atoms with Gasteiger partial charge < -0.3 is 10.1 Å². The molecular formula is C11H15NO2S. The van der Waals surface area contributed by atoms with Gasteiger partial charge in [-0.15, -0.1) is 11.3 Å². The lowest BCUT2D eigenvalue weighted by Crippen LogP contribution is -2.26. The van der Waals surface area contributed by atoms with E-state index in [2.05, 4.69) is 5.32 Å². The molecule has 4 heteroatoms. The average molecular weight is 225 g/mol. The van der Waals surface area contributed by atoms with Gasteiger partial charge >= 0.3 is 0 Å². The van der Waals surface area contributed by atoms with Crippen LogP contribution < -0.4 is 5.32 Å². The summed E-state index contributed by atoms with van der Waals surface area (Å²) in [6, 6.07) is 3.73. The van der Waals surface area contributed by atoms with E-state index in [-0.39, 0.29) is 5.91 Å². The normalized spacial score (nSPS) is 20.4. The Balaban J connectivity index is 1.67. The maximum absolute atomic E-state index is 11.5. The van der Waals surface area contributed by atoms with E-state index in [9.17, 15) is 4.79 Å². The lowest BCUT2D eigenvalue weighted by atomic mass is 10.2. The number of ether oxygens (including phenoxy) is 1. The Labute approximate surface area is 93.4 Å². The second-order valence-electron chi connectivity index (χ2n) is 3.66. The third-order valence-electron chi connectivity index (χ3n) is 2.52. The van der Waals surface area contributed by atoms with Crippen molar-refractivity contribution in [3.63, 3.8) is 0 Å². The number of nitrogens with one attached hydrogen (secondary N) is 1. The van der Waals surface area contributed by atoms with E-state index >= 15 is 0 Å². The maximum atomic E-state index is 11.5. The van der Waals surface area contributed by atoms with Crippen LogP contribution in [0.25, 0.3) is 0 Å². The standard InChI is InChI=1S/C11H15NO2S/c13-11(10-4-2-8-15-10)12-6-5-9-3-1-7-14-9/h2,4,8-9H,1,3,5-7H2,(H,12,13). The monoisotopic (exact) mass is 225 g/mol. The van der Waals surface area contributed by atoms with Crippen molar-refractivity contribution < 1.29 is 9.53 Å². The van der Waals surface area contributed by atoms with Crippen LogP contribution in [0.4, 0.5) is 0 Å². The van der Waals surface area contributed by atoms with Gasteiger partial charge in [0.2, 0.25) is 0 Å². The van der Waals surface area contributed by atoms with Gasteiger partial charge in [0, 0.05) is 13.2 Å². The van der Waals surface area contributed by atoms with Gasteiger partial charge in [-0.3, -0.25) is 4.79 Å². The summed E-state index contributed by atoms with van der Waals surface area (Å²) >= 11 is 1.47. The first kappa shape index (κ1) is 10.6. The molecule has 1 saturated heterocycles. The van der Waals surface area contributed by atoms with Gasteiger partial charge in [-0.05, 0) is 30.7 Å². The molecule has 3 nitrogen and oxygen atoms in total. The van der Waals surface area contributed by atoms with Crippen molar-refractivity contribution in [1.29, 1.82) is 0 Å². The minimum Gasteiger partial charge on any atom is -0.378 e. The zero-order valence-electron chi connectivity index (χ0n) is 8.57. The van der Waals surface area contributed by atoms with Gasteiger partial charge in [0.1, 0.15) is 0 Å². The number of carbonyl (C=O) groups is 1. The fraction of sp³-hybridized carbons (Fsp3) is 0.545. The molecule has 1 aromatic heterocycles. The van der Waals surface area contributed by atoms with Gasteiger partial charge in [0.15, 0.2) is 0 Å². The summed E-state index contributed by atoms with van der Waals surface area (Å²) in [7, 11) is 0. The van der Waals surface area contributed by atoms with E-state index in [4.69, 9.17) is 4.74 Å². The molecule has 1 aliphatic rings. The van der Waals surface area contributed by atoms with Crippen molar-refractivity contribution in [3.05, 3.63) is 22.4 Å². The minimum absolute atomic E-state index is 0.0306. The summed E-state index contributed by atoms with van der Waals surface area (Å²) in [5.74, 6) is 0.0306. The maximum Gasteiger partial charge on any atom is 0.261 e. The topological polar surface area (TPSA) is 38.3 Å². The van der Waals surface area contributed by atoms with Crippen LogP contribution in [-0.2, 0) is 4.74 Å². The molecule has 1 fully saturated rings. The molecule has 1 N–H and O–H groups in total. The summed E-state index contributed by atoms with van der Waals surface area (Å²) in [4.78, 5) is 12.3. The number of thiophene rings is 1. The van der Waals surface area contributed by atoms with Crippen LogP contribution in [0.1, 0.15) is 28.9 Å². The lowest BCUT2D eigenvalue weighted by molar-refractivity contribution is 0.0910. The Bertz CT molecular complexity index is 304. The van der Waals surface area contributed by atoms with Crippen molar-refractivity contribution in [2.45, 2.75) is 25.4 Å². The molecule has 0 bridgehead atoms. The molecule has 0 aromatic carbocycles. The Morgan fingerprint density at radius 3 is 3.27 bits per heavy atom. The highest BCUT2D eigenvalue weighted by Gasteiger charge is 2.15. The van der Waals surface area contributed by atoms with E-state index < -0.39 is 0 Å². The van der Waals surface area contributed by atoms with E-state index in [1.54, 1.807) is 0 Å². The second kappa shape index (κ2) is 5.28. The molecule has 0 radical (unpaired) electrons. The molecule has 0 saturated carbocycles. The smallest absolute Gasteiger partial charge is 0.261 e. The highest BCUT2D eigenvalue weighted by atomic mass is 32.1. The lowest BCUT2D eigenvalue weighted by Gasteiger charge is -2.09. The van der Waals surface area contributed by atoms with Gasteiger partial charge in [-0.25, -0.2) is 0 Å². The Kier molecular flexibility index (Phi) is 3.75. The zero-order chi connectivity index (χ0) is 10.5. The molecule has 0 aliphatic carbocycles. The molecular weight excluding hydrogens is 210 g/mol. The largest absolute Gasteiger partial charge is 0.378 e. The van der Waals surface area contributed by atoms with Crippen LogP contribution in [-0.4, -0.2) is 25.2 Å². The SMILES string of the molecule is O=C(NCCC1CCCO1)c1cccs1. The number of rotatable bonds is 4. The van der Waals surface area contributed by atoms with Crippen molar-refractivity contribution >= 4 is 17.2 Å². The predicted octanol–water partition coefficient (Wildman–Crippen LogP) is 2.05. The summed E-state index contributed by atoms with van der Waals surface area (Å²) in [6.07, 6.45) is 3.57. The average Bonchev–Trinajstić information content (AvgIpc) is 2.90. The molecule has 82 valence electrons. The molecule has 2 rings (SSSR count). The molecule has 1 atom stereocenters. The molecule has 15 heavy (non-hydrogen) atoms. The summed E-state index contributed by atoms with van der Waals surface area (Å²) in [5.41, 5.74) is 0. The molecule has 0 spiro atoms. The number of amides is 1. The summed E-state index contributed by atoms with van der Waals surface area (Å²) < 4.78 is 5.48. The molecule has 1 aromatic rings. The summed E-state index contributed by atoms with van der Waals surface area (Å²) in [5, 5.41) is 4.82. The van der Waals surface area contributed by atoms with Crippen LogP contribution in [0.2, 0.25) is 0 Å². The Hall–Kier alpha value is -0.870. The first-order valence-corrected chi connectivity index (χ1v) is 6.17. The molecule has 1 aliphatic heterocycles. The van der Waals surface area contributed by atoms with Crippen LogP contribution in [0.15, 0.2) is 17.5 Å². The van der Waals surface area contributed by atoms with E-state index in [0.717, 1.165) is 30.7 Å². The van der Waals surface area contributed by atoms with E-state index in [1.165, 1.54) is 11.3 Å². The number of hydrogen-bond donors (Lipinski definition) is 1. The van der Waals surface area contributed by atoms with E-state index in [1.807, 2.05) is 17.5 Å². The van der Waals surface area contributed by atoms with Crippen LogP contribution >= 0.6 is 11.3 Å². The first-order chi connectivity index (χ1) is 7.36. The van der Waals surface area contributed by atoms with E-state index in [0.29, 0.717) is 12.6 Å².